The molecule has 0 spiro atoms. The Balaban J connectivity index is 1.63. The van der Waals surface area contributed by atoms with E-state index in [0.717, 1.165) is 59.0 Å². The molecule has 1 aromatic heterocycles. The largest absolute Gasteiger partial charge is 0.465 e. The maximum Gasteiger partial charge on any atom is 0.325 e. The minimum Gasteiger partial charge on any atom is -0.465 e. The third-order valence-corrected chi connectivity index (χ3v) is 6.21. The number of carbonyl (C=O) groups is 1. The van der Waals surface area contributed by atoms with E-state index in [-0.39, 0.29) is 12.5 Å². The maximum absolute atomic E-state index is 12.1. The zero-order chi connectivity index (χ0) is 25.9. The standard InChI is InChI=1S/C25H37N9O3/c1-3-37-21(35)19-27-24-22(31-30-20-7-5-4-6-8-20)23(26-9-10-33-15-17-36-18-16-33)28-25(29-24)34-13-11-32(2)12-14-34/h4-8H,3,9-19H2,1-2H3,(H2,26,27,28,29)/b31-30+. The molecule has 200 valence electrons. The van der Waals surface area contributed by atoms with Crippen LogP contribution in [0, 0.1) is 0 Å². The SMILES string of the molecule is CCOC(=O)CNc1nc(N2CCN(C)CC2)nc(NCCN2CCOCC2)c1/N=N/c1ccccc1. The third-order valence-electron chi connectivity index (χ3n) is 6.21. The fraction of sp³-hybridized carbons (Fsp3) is 0.560. The minimum atomic E-state index is -0.366. The number of aromatic nitrogens is 2. The van der Waals surface area contributed by atoms with E-state index in [1.807, 2.05) is 30.3 Å². The third kappa shape index (κ3) is 8.07. The number of ether oxygens (including phenoxy) is 2. The highest BCUT2D eigenvalue weighted by Gasteiger charge is 2.22. The van der Waals surface area contributed by atoms with Gasteiger partial charge in [-0.3, -0.25) is 9.69 Å². The summed E-state index contributed by atoms with van der Waals surface area (Å²) < 4.78 is 10.6. The quantitative estimate of drug-likeness (QED) is 0.344. The molecular formula is C25H37N9O3. The van der Waals surface area contributed by atoms with Crippen molar-refractivity contribution in [2.75, 3.05) is 101 Å². The molecule has 2 saturated heterocycles. The van der Waals surface area contributed by atoms with Crippen LogP contribution in [0.2, 0.25) is 0 Å². The number of azo groups is 1. The molecule has 0 saturated carbocycles. The van der Waals surface area contributed by atoms with Crippen LogP contribution in [0.3, 0.4) is 0 Å². The van der Waals surface area contributed by atoms with Gasteiger partial charge in [-0.1, -0.05) is 18.2 Å². The first-order valence-corrected chi connectivity index (χ1v) is 12.9. The molecule has 4 rings (SSSR count). The summed E-state index contributed by atoms with van der Waals surface area (Å²) in [5, 5.41) is 15.5. The number of morpholine rings is 1. The fourth-order valence-electron chi connectivity index (χ4n) is 4.06. The average molecular weight is 512 g/mol. The van der Waals surface area contributed by atoms with Crippen molar-refractivity contribution in [3.63, 3.8) is 0 Å². The second-order valence-corrected chi connectivity index (χ2v) is 8.93. The number of nitrogens with one attached hydrogen (secondary N) is 2. The molecule has 0 amide bonds. The van der Waals surface area contributed by atoms with E-state index < -0.39 is 0 Å². The van der Waals surface area contributed by atoms with Gasteiger partial charge in [0.1, 0.15) is 6.54 Å². The van der Waals surface area contributed by atoms with Crippen LogP contribution >= 0.6 is 0 Å². The van der Waals surface area contributed by atoms with E-state index in [2.05, 4.69) is 42.6 Å². The molecule has 0 bridgehead atoms. The van der Waals surface area contributed by atoms with Crippen molar-refractivity contribution in [3.05, 3.63) is 30.3 Å². The van der Waals surface area contributed by atoms with Crippen LogP contribution in [-0.4, -0.2) is 112 Å². The van der Waals surface area contributed by atoms with E-state index in [1.54, 1.807) is 6.92 Å². The summed E-state index contributed by atoms with van der Waals surface area (Å²) in [5.41, 5.74) is 1.16. The molecular weight excluding hydrogens is 474 g/mol. The Morgan fingerprint density at radius 1 is 1.00 bits per heavy atom. The topological polar surface area (TPSA) is 120 Å². The number of likely N-dealkylation sites (N-methyl/N-ethyl adjacent to an activating group) is 1. The van der Waals surface area contributed by atoms with E-state index in [0.29, 0.717) is 42.1 Å². The number of piperazine rings is 1. The Bertz CT molecular complexity index is 1020. The van der Waals surface area contributed by atoms with Crippen LogP contribution in [-0.2, 0) is 14.3 Å². The lowest BCUT2D eigenvalue weighted by molar-refractivity contribution is -0.140. The van der Waals surface area contributed by atoms with E-state index in [9.17, 15) is 4.79 Å². The van der Waals surface area contributed by atoms with Gasteiger partial charge in [-0.25, -0.2) is 0 Å². The van der Waals surface area contributed by atoms with Gasteiger partial charge in [0.2, 0.25) is 5.95 Å². The lowest BCUT2D eigenvalue weighted by Crippen LogP contribution is -2.45. The number of nitrogens with zero attached hydrogens (tertiary/aromatic N) is 7. The lowest BCUT2D eigenvalue weighted by atomic mass is 10.3. The number of esters is 1. The molecule has 2 aliphatic heterocycles. The molecule has 2 aliphatic rings. The fourth-order valence-corrected chi connectivity index (χ4v) is 4.06. The zero-order valence-corrected chi connectivity index (χ0v) is 21.7. The number of rotatable bonds is 11. The molecule has 0 atom stereocenters. The van der Waals surface area contributed by atoms with E-state index in [1.165, 1.54) is 0 Å². The Morgan fingerprint density at radius 2 is 1.70 bits per heavy atom. The van der Waals surface area contributed by atoms with Gasteiger partial charge in [-0.05, 0) is 26.1 Å². The summed E-state index contributed by atoms with van der Waals surface area (Å²) in [6, 6.07) is 9.49. The molecule has 2 aromatic rings. The summed E-state index contributed by atoms with van der Waals surface area (Å²) in [7, 11) is 2.11. The zero-order valence-electron chi connectivity index (χ0n) is 21.7. The molecule has 0 aliphatic carbocycles. The van der Waals surface area contributed by atoms with Crippen molar-refractivity contribution in [2.45, 2.75) is 6.92 Å². The minimum absolute atomic E-state index is 0.0336. The summed E-state index contributed by atoms with van der Waals surface area (Å²) in [5.74, 6) is 1.23. The smallest absolute Gasteiger partial charge is 0.325 e. The van der Waals surface area contributed by atoms with Gasteiger partial charge in [0.25, 0.3) is 0 Å². The molecule has 0 radical (unpaired) electrons. The van der Waals surface area contributed by atoms with Crippen molar-refractivity contribution < 1.29 is 14.3 Å². The normalized spacial score (nSPS) is 17.2. The summed E-state index contributed by atoms with van der Waals surface area (Å²) in [6.07, 6.45) is 0. The van der Waals surface area contributed by atoms with E-state index >= 15 is 0 Å². The van der Waals surface area contributed by atoms with Crippen molar-refractivity contribution in [3.8, 4) is 0 Å². The number of hydrogen-bond acceptors (Lipinski definition) is 12. The van der Waals surface area contributed by atoms with Crippen molar-refractivity contribution in [1.82, 2.24) is 19.8 Å². The molecule has 2 N–H and O–H groups in total. The van der Waals surface area contributed by atoms with Crippen molar-refractivity contribution in [1.29, 1.82) is 0 Å². The maximum atomic E-state index is 12.1. The summed E-state index contributed by atoms with van der Waals surface area (Å²) >= 11 is 0. The molecule has 37 heavy (non-hydrogen) atoms. The van der Waals surface area contributed by atoms with Gasteiger partial charge in [0.15, 0.2) is 17.3 Å². The monoisotopic (exact) mass is 511 g/mol. The molecule has 1 aromatic carbocycles. The van der Waals surface area contributed by atoms with Crippen LogP contribution in [0.4, 0.5) is 29.0 Å². The Labute approximate surface area is 218 Å². The van der Waals surface area contributed by atoms with Crippen LogP contribution in [0.1, 0.15) is 6.92 Å². The molecule has 0 unspecified atom stereocenters. The van der Waals surface area contributed by atoms with E-state index in [4.69, 9.17) is 19.4 Å². The van der Waals surface area contributed by atoms with Gasteiger partial charge in [0, 0.05) is 52.4 Å². The molecule has 3 heterocycles. The Hall–Kier alpha value is -3.35. The first kappa shape index (κ1) is 26.7. The van der Waals surface area contributed by atoms with Gasteiger partial charge in [0.05, 0.1) is 25.5 Å². The van der Waals surface area contributed by atoms with Crippen molar-refractivity contribution >= 4 is 34.9 Å². The first-order valence-electron chi connectivity index (χ1n) is 12.9. The van der Waals surface area contributed by atoms with Crippen LogP contribution in [0.25, 0.3) is 0 Å². The van der Waals surface area contributed by atoms with Crippen LogP contribution < -0.4 is 15.5 Å². The molecule has 12 nitrogen and oxygen atoms in total. The first-order chi connectivity index (χ1) is 18.1. The number of benzene rings is 1. The Morgan fingerprint density at radius 3 is 2.41 bits per heavy atom. The summed E-state index contributed by atoms with van der Waals surface area (Å²) in [4.78, 5) is 28.6. The highest BCUT2D eigenvalue weighted by molar-refractivity contribution is 5.80. The predicted octanol–water partition coefficient (Wildman–Crippen LogP) is 2.36. The predicted molar refractivity (Wildman–Crippen MR) is 143 cm³/mol. The second kappa shape index (κ2) is 13.8. The highest BCUT2D eigenvalue weighted by atomic mass is 16.5. The Kier molecular flexibility index (Phi) is 9.97. The van der Waals surface area contributed by atoms with Gasteiger partial charge in [-0.15, -0.1) is 5.11 Å². The van der Waals surface area contributed by atoms with Gasteiger partial charge in [-0.2, -0.15) is 15.1 Å². The van der Waals surface area contributed by atoms with Gasteiger partial charge >= 0.3 is 5.97 Å². The van der Waals surface area contributed by atoms with Crippen LogP contribution in [0.15, 0.2) is 40.6 Å². The molecule has 12 heteroatoms. The average Bonchev–Trinajstić information content (AvgIpc) is 2.93. The second-order valence-electron chi connectivity index (χ2n) is 8.93. The summed E-state index contributed by atoms with van der Waals surface area (Å²) in [6.45, 7) is 10.4. The number of anilines is 3. The van der Waals surface area contributed by atoms with Crippen LogP contribution in [0.5, 0.6) is 0 Å². The highest BCUT2D eigenvalue weighted by Crippen LogP contribution is 2.34. The lowest BCUT2D eigenvalue weighted by Gasteiger charge is -2.33. The number of carbonyl (C=O) groups excluding carboxylic acids is 1. The van der Waals surface area contributed by atoms with Gasteiger partial charge < -0.3 is 29.9 Å². The van der Waals surface area contributed by atoms with Crippen molar-refractivity contribution in [2.24, 2.45) is 10.2 Å². The number of hydrogen-bond donors (Lipinski definition) is 2. The molecule has 2 fully saturated rings.